The topological polar surface area (TPSA) is 38.5 Å². The van der Waals surface area contributed by atoms with Crippen molar-refractivity contribution in [2.75, 3.05) is 19.6 Å². The van der Waals surface area contributed by atoms with E-state index in [0.717, 1.165) is 19.0 Å². The number of morpholine rings is 1. The Balaban J connectivity index is 1.79. The van der Waals surface area contributed by atoms with E-state index in [1.165, 1.54) is 24.0 Å². The normalized spacial score (nSPS) is 29.4. The fraction of sp³-hybridized carbons (Fsp3) is 0.647. The molecule has 2 N–H and O–H groups in total. The summed E-state index contributed by atoms with van der Waals surface area (Å²) in [6.07, 6.45) is 3.28. The molecular formula is C17H26N2O. The second-order valence-corrected chi connectivity index (χ2v) is 6.41. The molecule has 0 bridgehead atoms. The van der Waals surface area contributed by atoms with Gasteiger partial charge in [0.25, 0.3) is 0 Å². The Bertz CT molecular complexity index is 448. The monoisotopic (exact) mass is 274 g/mol. The lowest BCUT2D eigenvalue weighted by molar-refractivity contribution is -0.0799. The molecule has 1 saturated heterocycles. The number of benzene rings is 1. The maximum absolute atomic E-state index is 6.09. The van der Waals surface area contributed by atoms with Gasteiger partial charge in [0.15, 0.2) is 0 Å². The molecule has 20 heavy (non-hydrogen) atoms. The Morgan fingerprint density at radius 1 is 1.25 bits per heavy atom. The summed E-state index contributed by atoms with van der Waals surface area (Å²) in [5.74, 6) is 0.802. The van der Waals surface area contributed by atoms with Crippen molar-refractivity contribution in [3.63, 3.8) is 0 Å². The minimum Gasteiger partial charge on any atom is -0.373 e. The van der Waals surface area contributed by atoms with E-state index in [1.807, 2.05) is 0 Å². The fourth-order valence-electron chi connectivity index (χ4n) is 3.41. The van der Waals surface area contributed by atoms with Crippen molar-refractivity contribution in [1.29, 1.82) is 0 Å². The van der Waals surface area contributed by atoms with Gasteiger partial charge >= 0.3 is 0 Å². The van der Waals surface area contributed by atoms with E-state index in [1.54, 1.807) is 0 Å². The van der Waals surface area contributed by atoms with Gasteiger partial charge in [-0.05, 0) is 43.7 Å². The zero-order valence-electron chi connectivity index (χ0n) is 12.6. The maximum atomic E-state index is 6.09. The smallest absolute Gasteiger partial charge is 0.0678 e. The van der Waals surface area contributed by atoms with Crippen molar-refractivity contribution in [3.05, 3.63) is 35.4 Å². The van der Waals surface area contributed by atoms with E-state index in [9.17, 15) is 0 Å². The summed E-state index contributed by atoms with van der Waals surface area (Å²) in [5.41, 5.74) is 8.95. The molecule has 0 spiro atoms. The van der Waals surface area contributed by atoms with E-state index < -0.39 is 0 Å². The summed E-state index contributed by atoms with van der Waals surface area (Å²) in [6, 6.07) is 9.38. The largest absolute Gasteiger partial charge is 0.373 e. The second kappa shape index (κ2) is 5.84. The van der Waals surface area contributed by atoms with Crippen LogP contribution in [0.3, 0.4) is 0 Å². The summed E-state index contributed by atoms with van der Waals surface area (Å²) in [5, 5.41) is 0. The summed E-state index contributed by atoms with van der Waals surface area (Å²) >= 11 is 0. The van der Waals surface area contributed by atoms with Gasteiger partial charge in [-0.2, -0.15) is 0 Å². The van der Waals surface area contributed by atoms with Crippen LogP contribution in [0.1, 0.15) is 49.8 Å². The average molecular weight is 274 g/mol. The molecule has 3 nitrogen and oxygen atoms in total. The van der Waals surface area contributed by atoms with Crippen LogP contribution in [0, 0.1) is 0 Å². The number of hydrogen-bond acceptors (Lipinski definition) is 3. The van der Waals surface area contributed by atoms with Crippen LogP contribution in [-0.2, 0) is 4.74 Å². The standard InChI is InChI=1S/C17H26N2O/c1-12-10-19(11-13(2)20-12)17(9-18)16-5-3-4-15(8-16)14-6-7-14/h3-5,8,12-14,17H,6-7,9-11,18H2,1-2H3. The number of ether oxygens (including phenoxy) is 1. The Morgan fingerprint density at radius 3 is 2.55 bits per heavy atom. The summed E-state index contributed by atoms with van der Waals surface area (Å²) in [7, 11) is 0. The van der Waals surface area contributed by atoms with Gasteiger partial charge in [-0.1, -0.05) is 24.3 Å². The third-order valence-electron chi connectivity index (χ3n) is 4.46. The number of rotatable bonds is 4. The first kappa shape index (κ1) is 14.1. The molecule has 1 aliphatic carbocycles. The third-order valence-corrected chi connectivity index (χ3v) is 4.46. The SMILES string of the molecule is CC1CN(C(CN)c2cccc(C3CC3)c2)CC(C)O1. The van der Waals surface area contributed by atoms with Crippen LogP contribution in [0.4, 0.5) is 0 Å². The van der Waals surface area contributed by atoms with E-state index in [0.29, 0.717) is 24.8 Å². The van der Waals surface area contributed by atoms with Crippen molar-refractivity contribution < 1.29 is 4.74 Å². The first-order chi connectivity index (χ1) is 9.67. The molecule has 3 rings (SSSR count). The number of nitrogens with two attached hydrogens (primary N) is 1. The first-order valence-electron chi connectivity index (χ1n) is 7.86. The number of hydrogen-bond donors (Lipinski definition) is 1. The van der Waals surface area contributed by atoms with Crippen LogP contribution in [0.5, 0.6) is 0 Å². The van der Waals surface area contributed by atoms with Crippen LogP contribution in [0.25, 0.3) is 0 Å². The molecule has 2 aliphatic rings. The van der Waals surface area contributed by atoms with Gasteiger partial charge in [0.2, 0.25) is 0 Å². The summed E-state index contributed by atoms with van der Waals surface area (Å²) in [4.78, 5) is 2.49. The Labute approximate surface area is 122 Å². The first-order valence-corrected chi connectivity index (χ1v) is 7.86. The molecule has 1 aromatic carbocycles. The summed E-state index contributed by atoms with van der Waals surface area (Å²) in [6.45, 7) is 6.92. The minimum absolute atomic E-state index is 0.291. The molecule has 3 heteroatoms. The van der Waals surface area contributed by atoms with Crippen molar-refractivity contribution in [1.82, 2.24) is 4.90 Å². The second-order valence-electron chi connectivity index (χ2n) is 6.41. The van der Waals surface area contributed by atoms with E-state index in [-0.39, 0.29) is 0 Å². The van der Waals surface area contributed by atoms with Gasteiger partial charge in [-0.15, -0.1) is 0 Å². The maximum Gasteiger partial charge on any atom is 0.0678 e. The lowest BCUT2D eigenvalue weighted by atomic mass is 9.99. The van der Waals surface area contributed by atoms with E-state index in [2.05, 4.69) is 43.0 Å². The van der Waals surface area contributed by atoms with Gasteiger partial charge < -0.3 is 10.5 Å². The molecule has 0 amide bonds. The third kappa shape index (κ3) is 3.05. The van der Waals surface area contributed by atoms with Crippen LogP contribution in [0.2, 0.25) is 0 Å². The van der Waals surface area contributed by atoms with Gasteiger partial charge in [0.05, 0.1) is 12.2 Å². The van der Waals surface area contributed by atoms with Gasteiger partial charge in [0, 0.05) is 25.7 Å². The molecule has 1 heterocycles. The van der Waals surface area contributed by atoms with Gasteiger partial charge in [-0.3, -0.25) is 4.90 Å². The van der Waals surface area contributed by atoms with E-state index >= 15 is 0 Å². The Hall–Kier alpha value is -0.900. The molecule has 2 fully saturated rings. The molecule has 1 saturated carbocycles. The van der Waals surface area contributed by atoms with Crippen LogP contribution in [0.15, 0.2) is 24.3 Å². The van der Waals surface area contributed by atoms with Crippen molar-refractivity contribution in [2.45, 2.75) is 50.9 Å². The van der Waals surface area contributed by atoms with Gasteiger partial charge in [0.1, 0.15) is 0 Å². The molecule has 110 valence electrons. The highest BCUT2D eigenvalue weighted by atomic mass is 16.5. The van der Waals surface area contributed by atoms with E-state index in [4.69, 9.17) is 10.5 Å². The van der Waals surface area contributed by atoms with Crippen LogP contribution in [-0.4, -0.2) is 36.7 Å². The lowest BCUT2D eigenvalue weighted by Gasteiger charge is -2.40. The predicted octanol–water partition coefficient (Wildman–Crippen LogP) is 2.67. The van der Waals surface area contributed by atoms with Crippen LogP contribution >= 0.6 is 0 Å². The minimum atomic E-state index is 0.291. The highest BCUT2D eigenvalue weighted by Crippen LogP contribution is 2.40. The quantitative estimate of drug-likeness (QED) is 0.917. The van der Waals surface area contributed by atoms with Crippen LogP contribution < -0.4 is 5.73 Å². The van der Waals surface area contributed by atoms with Crippen molar-refractivity contribution in [2.24, 2.45) is 5.73 Å². The Kier molecular flexibility index (Phi) is 4.11. The highest BCUT2D eigenvalue weighted by molar-refractivity contribution is 5.31. The molecule has 1 aliphatic heterocycles. The summed E-state index contributed by atoms with van der Waals surface area (Å²) < 4.78 is 5.84. The number of nitrogens with zero attached hydrogens (tertiary/aromatic N) is 1. The zero-order valence-corrected chi connectivity index (χ0v) is 12.6. The predicted molar refractivity (Wildman–Crippen MR) is 81.8 cm³/mol. The van der Waals surface area contributed by atoms with Gasteiger partial charge in [-0.25, -0.2) is 0 Å². The molecule has 0 radical (unpaired) electrons. The molecule has 3 unspecified atom stereocenters. The highest BCUT2D eigenvalue weighted by Gasteiger charge is 2.29. The molecule has 0 aromatic heterocycles. The molecule has 3 atom stereocenters. The Morgan fingerprint density at radius 2 is 1.95 bits per heavy atom. The molecular weight excluding hydrogens is 248 g/mol. The lowest BCUT2D eigenvalue weighted by Crippen LogP contribution is -2.48. The zero-order chi connectivity index (χ0) is 14.1. The molecule has 1 aromatic rings. The average Bonchev–Trinajstić information content (AvgIpc) is 3.23. The van der Waals surface area contributed by atoms with Crippen molar-refractivity contribution in [3.8, 4) is 0 Å². The fourth-order valence-corrected chi connectivity index (χ4v) is 3.41. The van der Waals surface area contributed by atoms with Crippen molar-refractivity contribution >= 4 is 0 Å².